The maximum Gasteiger partial charge on any atom is 0.0956 e. The van der Waals surface area contributed by atoms with Gasteiger partial charge in [0.15, 0.2) is 0 Å². The zero-order valence-electron chi connectivity index (χ0n) is 3.72. The summed E-state index contributed by atoms with van der Waals surface area (Å²) in [5.74, 6) is 0. The molecule has 1 heterocycles. The van der Waals surface area contributed by atoms with E-state index in [2.05, 4.69) is 0 Å². The molecule has 2 heteroatoms. The fraction of sp³-hybridized carbons (Fsp3) is 1.00. The normalized spacial score (nSPS) is 23.5. The van der Waals surface area contributed by atoms with Crippen LogP contribution in [0, 0.1) is 0 Å². The average Bonchev–Trinajstić information content (AvgIpc) is 1.31. The van der Waals surface area contributed by atoms with Gasteiger partial charge in [-0.3, -0.25) is 4.90 Å². The third-order valence-corrected chi connectivity index (χ3v) is 1.15. The Morgan fingerprint density at radius 2 is 2.17 bits per heavy atom. The van der Waals surface area contributed by atoms with Crippen molar-refractivity contribution in [2.75, 3.05) is 19.8 Å². The largest absolute Gasteiger partial charge is 0.381 e. The van der Waals surface area contributed by atoms with Crippen LogP contribution in [-0.2, 0) is 0 Å². The molecule has 6 heavy (non-hydrogen) atoms. The van der Waals surface area contributed by atoms with Gasteiger partial charge in [-0.1, -0.05) is 0 Å². The lowest BCUT2D eigenvalue weighted by molar-refractivity contribution is 0.0576. The fourth-order valence-corrected chi connectivity index (χ4v) is 0.523. The zero-order chi connectivity index (χ0) is 4.41. The third-order valence-electron chi connectivity index (χ3n) is 1.15. The second kappa shape index (κ2) is 1.58. The maximum absolute atomic E-state index is 8.31. The second-order valence-electron chi connectivity index (χ2n) is 1.61. The van der Waals surface area contributed by atoms with Crippen LogP contribution in [0.25, 0.3) is 0 Å². The molecule has 1 N–H and O–H groups in total. The lowest BCUT2D eigenvalue weighted by atomic mass is 10.2. The second-order valence-corrected chi connectivity index (χ2v) is 1.61. The molecule has 0 aromatic carbocycles. The van der Waals surface area contributed by atoms with Crippen LogP contribution >= 0.6 is 0 Å². The number of aliphatic hydroxyl groups excluding tert-OH is 1. The molecule has 0 unspecified atom stereocenters. The predicted octanol–water partition coefficient (Wildman–Crippen LogP) is -0.358. The molecule has 2 nitrogen and oxygen atoms in total. The van der Waals surface area contributed by atoms with Crippen molar-refractivity contribution in [1.82, 2.24) is 4.90 Å². The molecule has 0 spiro atoms. The number of likely N-dealkylation sites (tertiary alicyclic amines) is 1. The van der Waals surface area contributed by atoms with Gasteiger partial charge in [0, 0.05) is 13.1 Å². The Balaban J connectivity index is 2.01. The van der Waals surface area contributed by atoms with E-state index >= 15 is 0 Å². The SMILES string of the molecule is OCN1CCC1. The van der Waals surface area contributed by atoms with Crippen LogP contribution in [-0.4, -0.2) is 29.8 Å². The van der Waals surface area contributed by atoms with Crippen molar-refractivity contribution in [2.45, 2.75) is 6.42 Å². The molecule has 0 bridgehead atoms. The van der Waals surface area contributed by atoms with Crippen molar-refractivity contribution in [3.63, 3.8) is 0 Å². The lowest BCUT2D eigenvalue weighted by Gasteiger charge is -2.27. The summed E-state index contributed by atoms with van der Waals surface area (Å²) in [6.07, 6.45) is 1.26. The number of hydrogen-bond donors (Lipinski definition) is 1. The highest BCUT2D eigenvalue weighted by atomic mass is 16.3. The molecule has 1 aliphatic rings. The Hall–Kier alpha value is -0.0800. The Morgan fingerprint density at radius 1 is 1.50 bits per heavy atom. The number of hydrogen-bond acceptors (Lipinski definition) is 2. The number of aliphatic hydroxyl groups is 1. The van der Waals surface area contributed by atoms with Gasteiger partial charge in [0.1, 0.15) is 0 Å². The van der Waals surface area contributed by atoms with Gasteiger partial charge in [-0.15, -0.1) is 0 Å². The first-order valence-electron chi connectivity index (χ1n) is 2.26. The summed E-state index contributed by atoms with van der Waals surface area (Å²) in [4.78, 5) is 1.99. The fourth-order valence-electron chi connectivity index (χ4n) is 0.523. The van der Waals surface area contributed by atoms with E-state index in [0.717, 1.165) is 13.1 Å². The standard InChI is InChI=1S/C4H9NO/c6-4-5-2-1-3-5/h6H,1-4H2. The number of rotatable bonds is 1. The van der Waals surface area contributed by atoms with Crippen molar-refractivity contribution in [2.24, 2.45) is 0 Å². The van der Waals surface area contributed by atoms with Crippen molar-refractivity contribution < 1.29 is 5.11 Å². The van der Waals surface area contributed by atoms with Crippen molar-refractivity contribution in [3.8, 4) is 0 Å². The summed E-state index contributed by atoms with van der Waals surface area (Å²) in [6.45, 7) is 2.44. The molecular formula is C4H9NO. The van der Waals surface area contributed by atoms with Gasteiger partial charge in [0.05, 0.1) is 6.73 Å². The highest BCUT2D eigenvalue weighted by Gasteiger charge is 2.09. The molecule has 0 radical (unpaired) electrons. The molecule has 0 aromatic heterocycles. The van der Waals surface area contributed by atoms with Gasteiger partial charge < -0.3 is 5.11 Å². The maximum atomic E-state index is 8.31. The van der Waals surface area contributed by atoms with Gasteiger partial charge in [0.2, 0.25) is 0 Å². The Bertz CT molecular complexity index is 40.1. The quantitative estimate of drug-likeness (QED) is 0.472. The minimum atomic E-state index is 0.250. The summed E-state index contributed by atoms with van der Waals surface area (Å²) in [5.41, 5.74) is 0. The molecule has 36 valence electrons. The lowest BCUT2D eigenvalue weighted by Crippen LogP contribution is -2.37. The van der Waals surface area contributed by atoms with E-state index in [1.54, 1.807) is 0 Å². The van der Waals surface area contributed by atoms with Crippen molar-refractivity contribution in [3.05, 3.63) is 0 Å². The van der Waals surface area contributed by atoms with Crippen LogP contribution < -0.4 is 0 Å². The number of nitrogens with zero attached hydrogens (tertiary/aromatic N) is 1. The Morgan fingerprint density at radius 3 is 2.17 bits per heavy atom. The highest BCUT2D eigenvalue weighted by Crippen LogP contribution is 2.01. The first-order chi connectivity index (χ1) is 2.93. The monoisotopic (exact) mass is 87.1 g/mol. The van der Waals surface area contributed by atoms with Crippen molar-refractivity contribution in [1.29, 1.82) is 0 Å². The Labute approximate surface area is 37.4 Å². The van der Waals surface area contributed by atoms with Gasteiger partial charge in [-0.05, 0) is 6.42 Å². The minimum absolute atomic E-state index is 0.250. The molecular weight excluding hydrogens is 78.0 g/mol. The van der Waals surface area contributed by atoms with Crippen LogP contribution in [0.1, 0.15) is 6.42 Å². The van der Waals surface area contributed by atoms with Gasteiger partial charge in [0.25, 0.3) is 0 Å². The van der Waals surface area contributed by atoms with Gasteiger partial charge in [-0.2, -0.15) is 0 Å². The van der Waals surface area contributed by atoms with Crippen LogP contribution in [0.3, 0.4) is 0 Å². The first-order valence-corrected chi connectivity index (χ1v) is 2.26. The molecule has 0 saturated carbocycles. The summed E-state index contributed by atoms with van der Waals surface area (Å²) in [7, 11) is 0. The topological polar surface area (TPSA) is 23.5 Å². The molecule has 0 aromatic rings. The van der Waals surface area contributed by atoms with E-state index in [0.29, 0.717) is 0 Å². The van der Waals surface area contributed by atoms with Crippen molar-refractivity contribution >= 4 is 0 Å². The van der Waals surface area contributed by atoms with Crippen LogP contribution in [0.4, 0.5) is 0 Å². The molecule has 1 fully saturated rings. The zero-order valence-corrected chi connectivity index (χ0v) is 3.72. The Kier molecular flexibility index (Phi) is 1.08. The molecule has 0 atom stereocenters. The molecule has 0 aliphatic carbocycles. The molecule has 1 aliphatic heterocycles. The van der Waals surface area contributed by atoms with Gasteiger partial charge >= 0.3 is 0 Å². The van der Waals surface area contributed by atoms with E-state index in [1.165, 1.54) is 6.42 Å². The third kappa shape index (κ3) is 0.533. The van der Waals surface area contributed by atoms with E-state index in [9.17, 15) is 0 Å². The average molecular weight is 87.1 g/mol. The first kappa shape index (κ1) is 4.09. The summed E-state index contributed by atoms with van der Waals surface area (Å²) in [6, 6.07) is 0. The smallest absolute Gasteiger partial charge is 0.0956 e. The molecule has 1 saturated heterocycles. The van der Waals surface area contributed by atoms with E-state index in [-0.39, 0.29) is 6.73 Å². The highest BCUT2D eigenvalue weighted by molar-refractivity contribution is 4.62. The predicted molar refractivity (Wildman–Crippen MR) is 23.3 cm³/mol. The van der Waals surface area contributed by atoms with Crippen LogP contribution in [0.15, 0.2) is 0 Å². The summed E-state index contributed by atoms with van der Waals surface area (Å²) in [5, 5.41) is 8.31. The minimum Gasteiger partial charge on any atom is -0.381 e. The molecule has 1 rings (SSSR count). The van der Waals surface area contributed by atoms with Crippen LogP contribution in [0.5, 0.6) is 0 Å². The molecule has 0 amide bonds. The van der Waals surface area contributed by atoms with E-state index in [1.807, 2.05) is 4.90 Å². The van der Waals surface area contributed by atoms with Gasteiger partial charge in [-0.25, -0.2) is 0 Å². The van der Waals surface area contributed by atoms with E-state index < -0.39 is 0 Å². The van der Waals surface area contributed by atoms with E-state index in [4.69, 9.17) is 5.11 Å². The summed E-state index contributed by atoms with van der Waals surface area (Å²) >= 11 is 0. The van der Waals surface area contributed by atoms with Crippen LogP contribution in [0.2, 0.25) is 0 Å². The summed E-state index contributed by atoms with van der Waals surface area (Å²) < 4.78 is 0.